The van der Waals surface area contributed by atoms with E-state index in [0.717, 1.165) is 22.3 Å². The van der Waals surface area contributed by atoms with Crippen LogP contribution in [0.2, 0.25) is 0 Å². The summed E-state index contributed by atoms with van der Waals surface area (Å²) in [6.45, 7) is 8.01. The van der Waals surface area contributed by atoms with Crippen molar-refractivity contribution in [3.05, 3.63) is 101 Å². The van der Waals surface area contributed by atoms with Crippen LogP contribution in [0.5, 0.6) is 5.75 Å². The van der Waals surface area contributed by atoms with E-state index in [9.17, 15) is 9.59 Å². The van der Waals surface area contributed by atoms with Crippen molar-refractivity contribution in [2.45, 2.75) is 52.7 Å². The van der Waals surface area contributed by atoms with E-state index in [1.165, 1.54) is 0 Å². The molecule has 3 aromatic carbocycles. The Morgan fingerprint density at radius 3 is 1.97 bits per heavy atom. The molecule has 0 aliphatic heterocycles. The van der Waals surface area contributed by atoms with Gasteiger partial charge in [-0.15, -0.1) is 0 Å². The molecule has 0 aliphatic rings. The van der Waals surface area contributed by atoms with Crippen LogP contribution in [0.1, 0.15) is 36.1 Å². The molecule has 0 aliphatic carbocycles. The molecule has 0 aromatic heterocycles. The first-order valence-corrected chi connectivity index (χ1v) is 11.7. The molecule has 0 bridgehead atoms. The fraction of sp³-hybridized carbons (Fsp3) is 0.310. The number of nitrogens with zero attached hydrogens (tertiary/aromatic N) is 1. The lowest BCUT2D eigenvalue weighted by atomic mass is 10.0. The van der Waals surface area contributed by atoms with E-state index in [-0.39, 0.29) is 24.5 Å². The average molecular weight is 459 g/mol. The summed E-state index contributed by atoms with van der Waals surface area (Å²) in [6.07, 6.45) is 0.418. The largest absolute Gasteiger partial charge is 0.484 e. The molecule has 178 valence electrons. The Balaban J connectivity index is 1.89. The van der Waals surface area contributed by atoms with Gasteiger partial charge in [0.15, 0.2) is 6.61 Å². The van der Waals surface area contributed by atoms with Crippen LogP contribution in [0.15, 0.2) is 78.9 Å². The molecule has 2 amide bonds. The summed E-state index contributed by atoms with van der Waals surface area (Å²) < 4.78 is 5.89. The van der Waals surface area contributed by atoms with Crippen molar-refractivity contribution >= 4 is 11.8 Å². The van der Waals surface area contributed by atoms with Gasteiger partial charge in [0.1, 0.15) is 11.8 Å². The summed E-state index contributed by atoms with van der Waals surface area (Å²) in [5, 5.41) is 3.00. The minimum atomic E-state index is -0.666. The Hall–Kier alpha value is -3.60. The van der Waals surface area contributed by atoms with Gasteiger partial charge in [-0.1, -0.05) is 66.7 Å². The van der Waals surface area contributed by atoms with E-state index in [4.69, 9.17) is 4.74 Å². The van der Waals surface area contributed by atoms with Gasteiger partial charge in [-0.25, -0.2) is 0 Å². The van der Waals surface area contributed by atoms with Crippen LogP contribution in [0.3, 0.4) is 0 Å². The summed E-state index contributed by atoms with van der Waals surface area (Å²) in [5.41, 5.74) is 4.09. The summed E-state index contributed by atoms with van der Waals surface area (Å²) >= 11 is 0. The number of carbonyl (C=O) groups is 2. The van der Waals surface area contributed by atoms with Gasteiger partial charge in [0.2, 0.25) is 5.91 Å². The maximum absolute atomic E-state index is 13.5. The van der Waals surface area contributed by atoms with E-state index in [2.05, 4.69) is 11.4 Å². The van der Waals surface area contributed by atoms with E-state index >= 15 is 0 Å². The molecular formula is C29H34N2O3. The van der Waals surface area contributed by atoms with Crippen molar-refractivity contribution in [3.63, 3.8) is 0 Å². The lowest BCUT2D eigenvalue weighted by Crippen LogP contribution is -2.52. The normalized spacial score (nSPS) is 11.7. The Morgan fingerprint density at radius 1 is 0.853 bits per heavy atom. The average Bonchev–Trinajstić information content (AvgIpc) is 2.80. The van der Waals surface area contributed by atoms with E-state index in [1.807, 2.05) is 100 Å². The summed E-state index contributed by atoms with van der Waals surface area (Å²) in [6, 6.07) is 24.7. The van der Waals surface area contributed by atoms with Gasteiger partial charge in [-0.2, -0.15) is 0 Å². The number of ether oxygens (including phenoxy) is 1. The van der Waals surface area contributed by atoms with Crippen LogP contribution in [0.25, 0.3) is 0 Å². The number of aryl methyl sites for hydroxylation is 2. The molecule has 5 heteroatoms. The fourth-order valence-electron chi connectivity index (χ4n) is 3.96. The topological polar surface area (TPSA) is 58.6 Å². The third kappa shape index (κ3) is 7.48. The number of carbonyl (C=O) groups excluding carboxylic acids is 2. The summed E-state index contributed by atoms with van der Waals surface area (Å²) in [7, 11) is 0. The summed E-state index contributed by atoms with van der Waals surface area (Å²) in [5.74, 6) is 0.245. The molecule has 0 saturated heterocycles. The van der Waals surface area contributed by atoms with E-state index in [1.54, 1.807) is 4.90 Å². The van der Waals surface area contributed by atoms with Gasteiger partial charge in [-0.3, -0.25) is 9.59 Å². The third-order valence-corrected chi connectivity index (χ3v) is 5.46. The maximum Gasteiger partial charge on any atom is 0.261 e. The molecule has 1 N–H and O–H groups in total. The highest BCUT2D eigenvalue weighted by atomic mass is 16.5. The SMILES string of the molecule is Cc1cc(C)cc(OCC(=O)N(Cc2ccccc2)[C@@H](Cc2ccccc2)C(=O)NC(C)C)c1. The first-order chi connectivity index (χ1) is 16.3. The van der Waals surface area contributed by atoms with Crippen LogP contribution in [-0.2, 0) is 22.6 Å². The molecule has 1 atom stereocenters. The Kier molecular flexibility index (Phi) is 8.86. The van der Waals surface area contributed by atoms with E-state index in [0.29, 0.717) is 18.7 Å². The van der Waals surface area contributed by atoms with Gasteiger partial charge >= 0.3 is 0 Å². The summed E-state index contributed by atoms with van der Waals surface area (Å²) in [4.78, 5) is 28.5. The van der Waals surface area contributed by atoms with Crippen LogP contribution in [0.4, 0.5) is 0 Å². The Bertz CT molecular complexity index is 1060. The van der Waals surface area contributed by atoms with Crippen LogP contribution >= 0.6 is 0 Å². The molecule has 0 fully saturated rings. The molecular weight excluding hydrogens is 424 g/mol. The smallest absolute Gasteiger partial charge is 0.261 e. The molecule has 0 unspecified atom stereocenters. The van der Waals surface area contributed by atoms with Crippen LogP contribution < -0.4 is 10.1 Å². The zero-order valence-corrected chi connectivity index (χ0v) is 20.5. The molecule has 34 heavy (non-hydrogen) atoms. The number of benzene rings is 3. The molecule has 5 nitrogen and oxygen atoms in total. The predicted molar refractivity (Wildman–Crippen MR) is 136 cm³/mol. The first kappa shape index (κ1) is 25.0. The highest BCUT2D eigenvalue weighted by molar-refractivity contribution is 5.88. The monoisotopic (exact) mass is 458 g/mol. The Labute approximate surface area is 202 Å². The first-order valence-electron chi connectivity index (χ1n) is 11.7. The highest BCUT2D eigenvalue weighted by Gasteiger charge is 2.31. The second-order valence-electron chi connectivity index (χ2n) is 8.99. The molecule has 3 aromatic rings. The number of nitrogens with one attached hydrogen (secondary N) is 1. The third-order valence-electron chi connectivity index (χ3n) is 5.46. The second-order valence-corrected chi connectivity index (χ2v) is 8.99. The van der Waals surface area contributed by atoms with Crippen molar-refractivity contribution < 1.29 is 14.3 Å². The molecule has 0 heterocycles. The quantitative estimate of drug-likeness (QED) is 0.473. The minimum absolute atomic E-state index is 0.0361. The van der Waals surface area contributed by atoms with Crippen LogP contribution in [0, 0.1) is 13.8 Å². The zero-order chi connectivity index (χ0) is 24.5. The molecule has 0 spiro atoms. The highest BCUT2D eigenvalue weighted by Crippen LogP contribution is 2.18. The van der Waals surface area contributed by atoms with Crippen molar-refractivity contribution in [3.8, 4) is 5.75 Å². The van der Waals surface area contributed by atoms with Gasteiger partial charge in [0, 0.05) is 19.0 Å². The lowest BCUT2D eigenvalue weighted by molar-refractivity contribution is -0.143. The molecule has 0 saturated carbocycles. The van der Waals surface area contributed by atoms with Crippen molar-refractivity contribution in [1.29, 1.82) is 0 Å². The number of amides is 2. The number of hydrogen-bond acceptors (Lipinski definition) is 3. The number of rotatable bonds is 10. The number of hydrogen-bond donors (Lipinski definition) is 1. The minimum Gasteiger partial charge on any atom is -0.484 e. The Morgan fingerprint density at radius 2 is 1.41 bits per heavy atom. The van der Waals surface area contributed by atoms with Crippen molar-refractivity contribution in [1.82, 2.24) is 10.2 Å². The fourth-order valence-corrected chi connectivity index (χ4v) is 3.96. The van der Waals surface area contributed by atoms with Gasteiger partial charge in [-0.05, 0) is 62.1 Å². The second kappa shape index (κ2) is 12.0. The molecule has 0 radical (unpaired) electrons. The van der Waals surface area contributed by atoms with Gasteiger partial charge in [0.25, 0.3) is 5.91 Å². The van der Waals surface area contributed by atoms with E-state index < -0.39 is 6.04 Å². The lowest BCUT2D eigenvalue weighted by Gasteiger charge is -2.32. The van der Waals surface area contributed by atoms with Crippen LogP contribution in [-0.4, -0.2) is 35.4 Å². The van der Waals surface area contributed by atoms with Crippen molar-refractivity contribution in [2.75, 3.05) is 6.61 Å². The maximum atomic E-state index is 13.5. The predicted octanol–water partition coefficient (Wildman–Crippen LogP) is 4.85. The zero-order valence-electron chi connectivity index (χ0n) is 20.5. The van der Waals surface area contributed by atoms with Gasteiger partial charge in [0.05, 0.1) is 0 Å². The van der Waals surface area contributed by atoms with Gasteiger partial charge < -0.3 is 15.0 Å². The molecule has 3 rings (SSSR count). The standard InChI is InChI=1S/C29H34N2O3/c1-21(2)30-29(33)27(18-24-11-7-5-8-12-24)31(19-25-13-9-6-10-14-25)28(32)20-34-26-16-22(3)15-23(4)17-26/h5-17,21,27H,18-20H2,1-4H3,(H,30,33)/t27-/m0/s1. The van der Waals surface area contributed by atoms with Crippen molar-refractivity contribution in [2.24, 2.45) is 0 Å².